The zero-order chi connectivity index (χ0) is 14.9. The molecular formula is C15H17BrN2OS2. The number of rotatable bonds is 4. The summed E-state index contributed by atoms with van der Waals surface area (Å²) in [5.41, 5.74) is 2.31. The minimum atomic E-state index is -0.0506. The first kappa shape index (κ1) is 15.3. The van der Waals surface area contributed by atoms with E-state index in [-0.39, 0.29) is 4.08 Å². The van der Waals surface area contributed by atoms with Gasteiger partial charge in [0.25, 0.3) is 0 Å². The maximum absolute atomic E-state index is 12.1. The van der Waals surface area contributed by atoms with Gasteiger partial charge in [-0.2, -0.15) is 0 Å². The van der Waals surface area contributed by atoms with Crippen molar-refractivity contribution in [1.29, 1.82) is 0 Å². The molecule has 0 aliphatic carbocycles. The minimum absolute atomic E-state index is 0.0506. The number of hydrogen-bond acceptors (Lipinski definition) is 3. The van der Waals surface area contributed by atoms with Crippen LogP contribution in [0.1, 0.15) is 12.5 Å². The van der Waals surface area contributed by atoms with E-state index in [2.05, 4.69) is 40.0 Å². The van der Waals surface area contributed by atoms with E-state index in [4.69, 9.17) is 0 Å². The van der Waals surface area contributed by atoms with E-state index in [9.17, 15) is 5.21 Å². The van der Waals surface area contributed by atoms with Gasteiger partial charge >= 0.3 is 0 Å². The van der Waals surface area contributed by atoms with Gasteiger partial charge in [0.15, 0.2) is 12.8 Å². The predicted octanol–water partition coefficient (Wildman–Crippen LogP) is 4.25. The highest BCUT2D eigenvalue weighted by Crippen LogP contribution is 2.41. The number of halogens is 1. The summed E-state index contributed by atoms with van der Waals surface area (Å²) in [6, 6.07) is 6.17. The molecule has 1 aromatic heterocycles. The fraction of sp³-hybridized carbons (Fsp3) is 0.400. The second-order valence-electron chi connectivity index (χ2n) is 5.24. The van der Waals surface area contributed by atoms with E-state index >= 15 is 0 Å². The minimum Gasteiger partial charge on any atom is -0.624 e. The largest absolute Gasteiger partial charge is 0.624 e. The van der Waals surface area contributed by atoms with Gasteiger partial charge in [-0.15, -0.1) is 23.5 Å². The van der Waals surface area contributed by atoms with Crippen LogP contribution in [0.2, 0.25) is 0 Å². The van der Waals surface area contributed by atoms with E-state index in [0.29, 0.717) is 6.54 Å². The van der Waals surface area contributed by atoms with Gasteiger partial charge in [0, 0.05) is 39.5 Å². The number of aromatic amines is 1. The lowest BCUT2D eigenvalue weighted by molar-refractivity contribution is -0.453. The first-order chi connectivity index (χ1) is 10.1. The van der Waals surface area contributed by atoms with Gasteiger partial charge in [-0.05, 0) is 30.7 Å². The van der Waals surface area contributed by atoms with Gasteiger partial charge in [0.1, 0.15) is 4.08 Å². The van der Waals surface area contributed by atoms with Crippen LogP contribution in [0.3, 0.4) is 0 Å². The van der Waals surface area contributed by atoms with Gasteiger partial charge in [0.05, 0.1) is 0 Å². The topological polar surface area (TPSA) is 41.9 Å². The van der Waals surface area contributed by atoms with E-state index in [1.165, 1.54) is 10.9 Å². The third-order valence-corrected chi connectivity index (χ3v) is 7.20. The molecule has 3 nitrogen and oxygen atoms in total. The Morgan fingerprint density at radius 2 is 2.19 bits per heavy atom. The molecule has 1 aliphatic rings. The zero-order valence-electron chi connectivity index (χ0n) is 11.8. The molecule has 0 saturated carbocycles. The number of nitrogens with one attached hydrogen (secondary N) is 1. The normalized spacial score (nSPS) is 18.5. The molecule has 112 valence electrons. The number of thioether (sulfide) groups is 2. The molecular weight excluding hydrogens is 368 g/mol. The summed E-state index contributed by atoms with van der Waals surface area (Å²) in [5.74, 6) is 2.25. The van der Waals surface area contributed by atoms with Crippen molar-refractivity contribution >= 4 is 56.6 Å². The molecule has 3 rings (SSSR count). The predicted molar refractivity (Wildman–Crippen MR) is 97.6 cm³/mol. The zero-order valence-corrected chi connectivity index (χ0v) is 15.0. The van der Waals surface area contributed by atoms with Crippen molar-refractivity contribution in [3.8, 4) is 0 Å². The fourth-order valence-electron chi connectivity index (χ4n) is 2.52. The van der Waals surface area contributed by atoms with Crippen LogP contribution >= 0.6 is 39.5 Å². The SMILES string of the molecule is CC1(/C=[N+](\[O-])CCc2c[nH]c3ccc(Br)cc23)SCCS1. The summed E-state index contributed by atoms with van der Waals surface area (Å²) < 4.78 is 2.11. The molecule has 0 amide bonds. The lowest BCUT2D eigenvalue weighted by Crippen LogP contribution is -2.22. The number of benzene rings is 1. The van der Waals surface area contributed by atoms with Gasteiger partial charge in [0.2, 0.25) is 0 Å². The maximum atomic E-state index is 12.1. The van der Waals surface area contributed by atoms with Crippen LogP contribution in [-0.2, 0) is 6.42 Å². The fourth-order valence-corrected chi connectivity index (χ4v) is 5.57. The van der Waals surface area contributed by atoms with Gasteiger partial charge in [-0.3, -0.25) is 0 Å². The summed E-state index contributed by atoms with van der Waals surface area (Å²) in [6.07, 6.45) is 4.59. The molecule has 1 N–H and O–H groups in total. The molecule has 2 aromatic rings. The van der Waals surface area contributed by atoms with Crippen LogP contribution < -0.4 is 0 Å². The second kappa shape index (κ2) is 6.26. The molecule has 0 atom stereocenters. The van der Waals surface area contributed by atoms with Crippen molar-refractivity contribution < 1.29 is 4.74 Å². The molecule has 1 aromatic carbocycles. The molecule has 2 heterocycles. The Hall–Kier alpha value is -0.590. The lowest BCUT2D eigenvalue weighted by Gasteiger charge is -2.15. The third-order valence-electron chi connectivity index (χ3n) is 3.57. The van der Waals surface area contributed by atoms with Gasteiger partial charge in [-0.25, -0.2) is 4.74 Å². The number of aromatic nitrogens is 1. The van der Waals surface area contributed by atoms with E-state index in [0.717, 1.165) is 32.7 Å². The Labute approximate surface area is 141 Å². The highest BCUT2D eigenvalue weighted by atomic mass is 79.9. The van der Waals surface area contributed by atoms with Crippen LogP contribution in [-0.4, -0.2) is 38.1 Å². The summed E-state index contributed by atoms with van der Waals surface area (Å²) in [4.78, 5) is 3.26. The van der Waals surface area contributed by atoms with E-state index in [1.54, 1.807) is 0 Å². The highest BCUT2D eigenvalue weighted by Gasteiger charge is 2.32. The Morgan fingerprint density at radius 1 is 1.43 bits per heavy atom. The summed E-state index contributed by atoms with van der Waals surface area (Å²) in [7, 11) is 0. The third kappa shape index (κ3) is 3.60. The summed E-state index contributed by atoms with van der Waals surface area (Å²) >= 11 is 7.21. The molecule has 0 bridgehead atoms. The number of hydroxylamine groups is 1. The van der Waals surface area contributed by atoms with Crippen molar-refractivity contribution in [1.82, 2.24) is 4.98 Å². The molecule has 0 unspecified atom stereocenters. The number of nitrogens with zero attached hydrogens (tertiary/aromatic N) is 1. The first-order valence-electron chi connectivity index (χ1n) is 6.89. The van der Waals surface area contributed by atoms with Crippen molar-refractivity contribution in [2.45, 2.75) is 17.4 Å². The average molecular weight is 385 g/mol. The Morgan fingerprint density at radius 3 is 2.95 bits per heavy atom. The van der Waals surface area contributed by atoms with Crippen LogP contribution in [0.25, 0.3) is 10.9 Å². The molecule has 6 heteroatoms. The van der Waals surface area contributed by atoms with Crippen molar-refractivity contribution in [2.24, 2.45) is 0 Å². The molecule has 1 saturated heterocycles. The molecule has 1 fully saturated rings. The average Bonchev–Trinajstić information content (AvgIpc) is 3.03. The van der Waals surface area contributed by atoms with Crippen LogP contribution in [0.5, 0.6) is 0 Å². The second-order valence-corrected chi connectivity index (χ2v) is 9.50. The van der Waals surface area contributed by atoms with Crippen LogP contribution in [0.4, 0.5) is 0 Å². The van der Waals surface area contributed by atoms with Crippen molar-refractivity contribution in [3.63, 3.8) is 0 Å². The maximum Gasteiger partial charge on any atom is 0.176 e. The van der Waals surface area contributed by atoms with Crippen LogP contribution in [0, 0.1) is 5.21 Å². The molecule has 0 radical (unpaired) electrons. The summed E-state index contributed by atoms with van der Waals surface area (Å²) in [5, 5.41) is 13.3. The number of hydrogen-bond donors (Lipinski definition) is 1. The standard InChI is InChI=1S/C15H17BrN2OS2/c1-15(20-6-7-21-15)10-18(19)5-4-11-9-17-14-3-2-12(16)8-13(11)14/h2-3,8-10,17H,4-7H2,1H3/b18-10-. The van der Waals surface area contributed by atoms with E-state index < -0.39 is 0 Å². The smallest absolute Gasteiger partial charge is 0.176 e. The first-order valence-corrected chi connectivity index (χ1v) is 9.65. The van der Waals surface area contributed by atoms with Gasteiger partial charge in [-0.1, -0.05) is 15.9 Å². The monoisotopic (exact) mass is 384 g/mol. The highest BCUT2D eigenvalue weighted by molar-refractivity contribution is 9.10. The number of H-pyrrole nitrogens is 1. The quantitative estimate of drug-likeness (QED) is 0.370. The summed E-state index contributed by atoms with van der Waals surface area (Å²) in [6.45, 7) is 2.62. The van der Waals surface area contributed by atoms with Crippen molar-refractivity contribution in [2.75, 3.05) is 18.1 Å². The Kier molecular flexibility index (Phi) is 4.57. The lowest BCUT2D eigenvalue weighted by atomic mass is 10.1. The van der Waals surface area contributed by atoms with Crippen LogP contribution in [0.15, 0.2) is 28.9 Å². The Bertz CT molecular complexity index is 677. The van der Waals surface area contributed by atoms with Crippen molar-refractivity contribution in [3.05, 3.63) is 39.6 Å². The van der Waals surface area contributed by atoms with Gasteiger partial charge < -0.3 is 10.2 Å². The molecule has 0 spiro atoms. The molecule has 21 heavy (non-hydrogen) atoms. The number of fused-ring (bicyclic) bond motifs is 1. The Balaban J connectivity index is 1.71. The van der Waals surface area contributed by atoms with E-state index in [1.807, 2.05) is 42.0 Å². The molecule has 1 aliphatic heterocycles.